The van der Waals surface area contributed by atoms with Crippen LogP contribution in [-0.4, -0.2) is 12.6 Å². The molecule has 18 heavy (non-hydrogen) atoms. The van der Waals surface area contributed by atoms with Crippen LogP contribution in [0.4, 0.5) is 5.69 Å². The van der Waals surface area contributed by atoms with Crippen molar-refractivity contribution in [2.45, 2.75) is 56.9 Å². The summed E-state index contributed by atoms with van der Waals surface area (Å²) < 4.78 is 5.34. The molecular formula is C16H23NO. The Labute approximate surface area is 110 Å². The summed E-state index contributed by atoms with van der Waals surface area (Å²) in [4.78, 5) is 0. The van der Waals surface area contributed by atoms with E-state index in [0.29, 0.717) is 11.5 Å². The number of methoxy groups -OCH3 is 1. The molecule has 1 spiro atoms. The summed E-state index contributed by atoms with van der Waals surface area (Å²) in [6.45, 7) is 2.36. The second-order valence-electron chi connectivity index (χ2n) is 6.02. The van der Waals surface area contributed by atoms with E-state index in [1.54, 1.807) is 7.11 Å². The summed E-state index contributed by atoms with van der Waals surface area (Å²) in [6, 6.07) is 6.46. The highest BCUT2D eigenvalue weighted by Crippen LogP contribution is 2.46. The zero-order valence-electron chi connectivity index (χ0n) is 11.5. The Hall–Kier alpha value is -1.18. The van der Waals surface area contributed by atoms with E-state index >= 15 is 0 Å². The Morgan fingerprint density at radius 3 is 2.72 bits per heavy atom. The zero-order valence-corrected chi connectivity index (χ0v) is 11.5. The highest BCUT2D eigenvalue weighted by molar-refractivity contribution is 5.59. The molecule has 98 valence electrons. The van der Waals surface area contributed by atoms with Gasteiger partial charge in [0.2, 0.25) is 0 Å². The molecule has 1 aliphatic heterocycles. The minimum Gasteiger partial charge on any atom is -0.497 e. The lowest BCUT2D eigenvalue weighted by Gasteiger charge is -2.45. The standard InChI is InChI=1S/C16H23NO/c1-12-11-16(8-4-3-5-9-16)17-15-7-6-13(18-2)10-14(12)15/h6-7,10,12,17H,3-5,8-9,11H2,1-2H3. The van der Waals surface area contributed by atoms with Crippen LogP contribution in [0.1, 0.15) is 56.9 Å². The molecule has 1 aliphatic carbocycles. The van der Waals surface area contributed by atoms with E-state index in [4.69, 9.17) is 4.74 Å². The summed E-state index contributed by atoms with van der Waals surface area (Å²) in [5.41, 5.74) is 3.13. The lowest BCUT2D eigenvalue weighted by Crippen LogP contribution is -2.44. The summed E-state index contributed by atoms with van der Waals surface area (Å²) in [5.74, 6) is 1.61. The predicted octanol–water partition coefficient (Wildman–Crippen LogP) is 4.32. The topological polar surface area (TPSA) is 21.3 Å². The molecule has 1 aromatic rings. The first-order valence-electron chi connectivity index (χ1n) is 7.19. The molecule has 1 N–H and O–H groups in total. The Morgan fingerprint density at radius 1 is 1.22 bits per heavy atom. The molecule has 0 saturated heterocycles. The van der Waals surface area contributed by atoms with E-state index in [0.717, 1.165) is 5.75 Å². The number of benzene rings is 1. The van der Waals surface area contributed by atoms with E-state index in [9.17, 15) is 0 Å². The van der Waals surface area contributed by atoms with Gasteiger partial charge in [0.15, 0.2) is 0 Å². The molecule has 1 aromatic carbocycles. The highest BCUT2D eigenvalue weighted by atomic mass is 16.5. The van der Waals surface area contributed by atoms with Crippen LogP contribution in [0, 0.1) is 0 Å². The summed E-state index contributed by atoms with van der Waals surface area (Å²) in [7, 11) is 1.74. The molecule has 0 amide bonds. The zero-order chi connectivity index (χ0) is 12.6. The van der Waals surface area contributed by atoms with Gasteiger partial charge in [-0.25, -0.2) is 0 Å². The molecule has 0 radical (unpaired) electrons. The van der Waals surface area contributed by atoms with Crippen molar-refractivity contribution in [3.8, 4) is 5.75 Å². The third-order valence-electron chi connectivity index (χ3n) is 4.70. The summed E-state index contributed by atoms with van der Waals surface area (Å²) in [5, 5.41) is 3.84. The van der Waals surface area contributed by atoms with Crippen LogP contribution in [0.3, 0.4) is 0 Å². The van der Waals surface area contributed by atoms with Crippen molar-refractivity contribution in [3.63, 3.8) is 0 Å². The number of fused-ring (bicyclic) bond motifs is 1. The quantitative estimate of drug-likeness (QED) is 0.795. The number of nitrogens with one attached hydrogen (secondary N) is 1. The summed E-state index contributed by atoms with van der Waals surface area (Å²) in [6.07, 6.45) is 8.11. The van der Waals surface area contributed by atoms with E-state index in [2.05, 4.69) is 30.4 Å². The lowest BCUT2D eigenvalue weighted by atomic mass is 9.72. The Bertz CT molecular complexity index is 435. The van der Waals surface area contributed by atoms with Gasteiger partial charge in [0.25, 0.3) is 0 Å². The van der Waals surface area contributed by atoms with Gasteiger partial charge in [0.1, 0.15) is 5.75 Å². The van der Waals surface area contributed by atoms with Gasteiger partial charge in [-0.1, -0.05) is 26.2 Å². The van der Waals surface area contributed by atoms with E-state index in [1.807, 2.05) is 0 Å². The molecule has 1 atom stereocenters. The second kappa shape index (κ2) is 4.49. The predicted molar refractivity (Wildman–Crippen MR) is 75.5 cm³/mol. The van der Waals surface area contributed by atoms with Crippen LogP contribution >= 0.6 is 0 Å². The molecule has 0 aromatic heterocycles. The van der Waals surface area contributed by atoms with E-state index in [1.165, 1.54) is 49.8 Å². The van der Waals surface area contributed by atoms with Crippen LogP contribution in [0.25, 0.3) is 0 Å². The van der Waals surface area contributed by atoms with Gasteiger partial charge < -0.3 is 10.1 Å². The Kier molecular flexibility index (Phi) is 2.96. The van der Waals surface area contributed by atoms with Gasteiger partial charge >= 0.3 is 0 Å². The van der Waals surface area contributed by atoms with Gasteiger partial charge in [-0.15, -0.1) is 0 Å². The average molecular weight is 245 g/mol. The molecule has 0 bridgehead atoms. The molecule has 2 heteroatoms. The van der Waals surface area contributed by atoms with Crippen LogP contribution in [0.2, 0.25) is 0 Å². The lowest BCUT2D eigenvalue weighted by molar-refractivity contribution is 0.281. The molecule has 2 nitrogen and oxygen atoms in total. The minimum absolute atomic E-state index is 0.374. The van der Waals surface area contributed by atoms with Crippen molar-refractivity contribution >= 4 is 5.69 Å². The first-order chi connectivity index (χ1) is 8.72. The number of rotatable bonds is 1. The molecule has 2 aliphatic rings. The van der Waals surface area contributed by atoms with E-state index < -0.39 is 0 Å². The largest absolute Gasteiger partial charge is 0.497 e. The number of hydrogen-bond donors (Lipinski definition) is 1. The maximum absolute atomic E-state index is 5.34. The average Bonchev–Trinajstić information content (AvgIpc) is 2.39. The summed E-state index contributed by atoms with van der Waals surface area (Å²) >= 11 is 0. The van der Waals surface area contributed by atoms with E-state index in [-0.39, 0.29) is 0 Å². The fourth-order valence-electron chi connectivity index (χ4n) is 3.78. The second-order valence-corrected chi connectivity index (χ2v) is 6.02. The first-order valence-corrected chi connectivity index (χ1v) is 7.19. The third kappa shape index (κ3) is 1.98. The number of anilines is 1. The monoisotopic (exact) mass is 245 g/mol. The molecular weight excluding hydrogens is 222 g/mol. The van der Waals surface area contributed by atoms with Crippen molar-refractivity contribution < 1.29 is 4.74 Å². The van der Waals surface area contributed by atoms with Crippen molar-refractivity contribution in [2.75, 3.05) is 12.4 Å². The van der Waals surface area contributed by atoms with Crippen LogP contribution in [-0.2, 0) is 0 Å². The molecule has 1 heterocycles. The maximum atomic E-state index is 5.34. The molecule has 1 unspecified atom stereocenters. The molecule has 1 fully saturated rings. The maximum Gasteiger partial charge on any atom is 0.119 e. The first kappa shape index (κ1) is 11.9. The van der Waals surface area contributed by atoms with Crippen LogP contribution in [0.15, 0.2) is 18.2 Å². The van der Waals surface area contributed by atoms with Crippen molar-refractivity contribution in [2.24, 2.45) is 0 Å². The van der Waals surface area contributed by atoms with Crippen LogP contribution < -0.4 is 10.1 Å². The fourth-order valence-corrected chi connectivity index (χ4v) is 3.78. The van der Waals surface area contributed by atoms with Gasteiger partial charge in [-0.3, -0.25) is 0 Å². The smallest absolute Gasteiger partial charge is 0.119 e. The third-order valence-corrected chi connectivity index (χ3v) is 4.70. The minimum atomic E-state index is 0.374. The SMILES string of the molecule is COc1ccc2c(c1)C(C)CC1(CCCCC1)N2. The van der Waals surface area contributed by atoms with Crippen molar-refractivity contribution in [1.29, 1.82) is 0 Å². The van der Waals surface area contributed by atoms with Gasteiger partial charge in [-0.05, 0) is 48.9 Å². The fraction of sp³-hybridized carbons (Fsp3) is 0.625. The van der Waals surface area contributed by atoms with Crippen molar-refractivity contribution in [1.82, 2.24) is 0 Å². The van der Waals surface area contributed by atoms with Crippen molar-refractivity contribution in [3.05, 3.63) is 23.8 Å². The molecule has 1 saturated carbocycles. The van der Waals surface area contributed by atoms with Gasteiger partial charge in [0.05, 0.1) is 7.11 Å². The van der Waals surface area contributed by atoms with Gasteiger partial charge in [-0.2, -0.15) is 0 Å². The highest BCUT2D eigenvalue weighted by Gasteiger charge is 2.37. The Morgan fingerprint density at radius 2 is 2.00 bits per heavy atom. The molecule has 3 rings (SSSR count). The number of hydrogen-bond acceptors (Lipinski definition) is 2. The number of ether oxygens (including phenoxy) is 1. The Balaban J connectivity index is 1.92. The van der Waals surface area contributed by atoms with Gasteiger partial charge in [0, 0.05) is 11.2 Å². The van der Waals surface area contributed by atoms with Crippen LogP contribution in [0.5, 0.6) is 5.75 Å². The normalized spacial score (nSPS) is 25.3.